The van der Waals surface area contributed by atoms with Crippen molar-refractivity contribution >= 4 is 32.8 Å². The number of hydrogen-bond acceptors (Lipinski definition) is 4. The van der Waals surface area contributed by atoms with Crippen molar-refractivity contribution in [3.63, 3.8) is 0 Å². The number of pyridine rings is 3. The molecule has 0 unspecified atom stereocenters. The Hall–Kier alpha value is -4.96. The van der Waals surface area contributed by atoms with Crippen molar-refractivity contribution in [3.8, 4) is 33.6 Å². The summed E-state index contributed by atoms with van der Waals surface area (Å²) < 4.78 is 121. The van der Waals surface area contributed by atoms with Crippen LogP contribution >= 0.6 is 0 Å². The third-order valence-corrected chi connectivity index (χ3v) is 7.53. The quantitative estimate of drug-likeness (QED) is 0.167. The molecule has 0 bridgehead atoms. The van der Waals surface area contributed by atoms with Gasteiger partial charge in [-0.05, 0) is 89.5 Å². The minimum Gasteiger partial charge on any atom is -0.486 e. The zero-order valence-corrected chi connectivity index (χ0v) is 26.9. The maximum atomic E-state index is 8.19. The molecule has 0 spiro atoms. The van der Waals surface area contributed by atoms with E-state index in [1.54, 1.807) is 66.7 Å². The molecule has 0 saturated heterocycles. The van der Waals surface area contributed by atoms with Crippen molar-refractivity contribution in [2.45, 2.75) is 34.3 Å². The monoisotopic (exact) mass is 803 g/mol. The predicted octanol–water partition coefficient (Wildman–Crippen LogP) is 10.8. The Morgan fingerprint density at radius 2 is 1.49 bits per heavy atom. The molecule has 4 heterocycles. The van der Waals surface area contributed by atoms with Crippen LogP contribution in [0.1, 0.15) is 48.5 Å². The van der Waals surface area contributed by atoms with Gasteiger partial charge in [0.1, 0.15) is 0 Å². The Morgan fingerprint density at radius 1 is 0.638 bits per heavy atom. The summed E-state index contributed by atoms with van der Waals surface area (Å²) in [5.41, 5.74) is 3.89. The molecule has 5 heteroatoms. The first-order valence-corrected chi connectivity index (χ1v) is 14.2. The van der Waals surface area contributed by atoms with Gasteiger partial charge >= 0.3 is 0 Å². The van der Waals surface area contributed by atoms with Gasteiger partial charge in [0.05, 0.1) is 5.58 Å². The molecule has 0 aliphatic heterocycles. The van der Waals surface area contributed by atoms with Gasteiger partial charge in [0.25, 0.3) is 0 Å². The second-order valence-corrected chi connectivity index (χ2v) is 10.5. The minimum absolute atomic E-state index is 0. The molecule has 0 saturated carbocycles. The van der Waals surface area contributed by atoms with Gasteiger partial charge in [-0.2, -0.15) is 0 Å². The molecule has 4 nitrogen and oxygen atoms in total. The second-order valence-electron chi connectivity index (χ2n) is 10.5. The van der Waals surface area contributed by atoms with Gasteiger partial charge in [-0.1, -0.05) is 72.4 Å². The molecule has 4 aromatic carbocycles. The third kappa shape index (κ3) is 6.38. The molecular formula is C42H33IrN3O-2. The van der Waals surface area contributed by atoms with E-state index in [9.17, 15) is 0 Å². The first kappa shape index (κ1) is 18.4. The fourth-order valence-electron chi connectivity index (χ4n) is 5.30. The van der Waals surface area contributed by atoms with E-state index in [0.29, 0.717) is 60.8 Å². The number of aryl methyl sites for hydroxylation is 5. The van der Waals surface area contributed by atoms with Gasteiger partial charge in [0, 0.05) is 64.1 Å². The van der Waals surface area contributed by atoms with Crippen LogP contribution in [0.2, 0.25) is 0 Å². The second kappa shape index (κ2) is 13.4. The molecule has 8 rings (SSSR count). The maximum Gasteiger partial charge on any atom is 0.216 e. The number of hydrogen-bond donors (Lipinski definition) is 0. The van der Waals surface area contributed by atoms with Crippen molar-refractivity contribution in [2.75, 3.05) is 0 Å². The summed E-state index contributed by atoms with van der Waals surface area (Å²) in [6.07, 6.45) is 2.60. The molecule has 0 atom stereocenters. The van der Waals surface area contributed by atoms with Gasteiger partial charge in [0.15, 0.2) is 0 Å². The van der Waals surface area contributed by atoms with Gasteiger partial charge in [-0.3, -0.25) is 0 Å². The molecule has 8 aromatic rings. The normalized spacial score (nSPS) is 17.0. The Kier molecular flexibility index (Phi) is 5.25. The van der Waals surface area contributed by atoms with Crippen LogP contribution in [-0.4, -0.2) is 15.0 Å². The first-order valence-electron chi connectivity index (χ1n) is 21.7. The van der Waals surface area contributed by atoms with Crippen molar-refractivity contribution in [1.82, 2.24) is 15.0 Å². The molecule has 47 heavy (non-hydrogen) atoms. The van der Waals surface area contributed by atoms with E-state index in [4.69, 9.17) is 25.0 Å². The maximum absolute atomic E-state index is 8.19. The molecule has 233 valence electrons. The molecule has 4 aromatic heterocycles. The fourth-order valence-corrected chi connectivity index (χ4v) is 5.30. The zero-order chi connectivity index (χ0) is 44.3. The Balaban J connectivity index is 0.000000258. The van der Waals surface area contributed by atoms with Crippen LogP contribution in [0.15, 0.2) is 114 Å². The average molecular weight is 803 g/mol. The standard InChI is InChI=1S/C29H21N2O.C13H12N.Ir/c1-17-11-13-22(21-8-5-4-7-20(17)21)26-15-27(30-16-18(26)2)25-10-6-9-23-24-14-12-19(3)31-29(24)32-28(23)25;1-10-3-6-12(7-4-10)13-8-5-11(2)9-14-13;/h4-9,11-16H,1-3H3;3-6,8-9H,1-2H3;/q2*-1;/i1D3,2D3,3D3;1D3,2D3;. The summed E-state index contributed by atoms with van der Waals surface area (Å²) in [5, 5.41) is 2.39. The van der Waals surface area contributed by atoms with Crippen LogP contribution < -0.4 is 0 Å². The Morgan fingerprint density at radius 3 is 2.26 bits per heavy atom. The molecule has 0 amide bonds. The van der Waals surface area contributed by atoms with Crippen LogP contribution in [0.5, 0.6) is 0 Å². The number of fused-ring (bicyclic) bond motifs is 4. The number of aromatic nitrogens is 3. The third-order valence-electron chi connectivity index (χ3n) is 7.53. The van der Waals surface area contributed by atoms with E-state index in [-0.39, 0.29) is 53.8 Å². The summed E-state index contributed by atoms with van der Waals surface area (Å²) in [7, 11) is 0. The molecule has 0 N–H and O–H groups in total. The summed E-state index contributed by atoms with van der Waals surface area (Å²) in [6.45, 7) is -11.6. The van der Waals surface area contributed by atoms with Crippen LogP contribution in [-0.2, 0) is 20.1 Å². The SMILES string of the molecule is [2H]C([2H])([2H])c1c[c-]c(-c2ccc(C([2H])([2H])[2H])cn2)cc1.[2H]C([2H])([2H])c1ccc2c(n1)oc1c(-c3cc(-c4ccc(C([2H])([2H])[2H])c5ccccc45)c(C([2H])([2H])[2H])cn3)[c-]ccc12.[Ir]. The number of rotatable bonds is 3. The average Bonchev–Trinajstić information content (AvgIpc) is 3.57. The van der Waals surface area contributed by atoms with Crippen molar-refractivity contribution < 1.29 is 45.1 Å². The molecule has 0 fully saturated rings. The van der Waals surface area contributed by atoms with Crippen LogP contribution in [0.3, 0.4) is 0 Å². The van der Waals surface area contributed by atoms with Gasteiger partial charge < -0.3 is 14.4 Å². The van der Waals surface area contributed by atoms with Crippen LogP contribution in [0.25, 0.3) is 66.5 Å². The fraction of sp³-hybridized carbons (Fsp3) is 0.119. The first-order chi connectivity index (χ1) is 28.4. The van der Waals surface area contributed by atoms with Crippen LogP contribution in [0, 0.1) is 46.4 Å². The summed E-state index contributed by atoms with van der Waals surface area (Å²) in [6, 6.07) is 31.9. The van der Waals surface area contributed by atoms with E-state index in [0.717, 1.165) is 0 Å². The van der Waals surface area contributed by atoms with Crippen molar-refractivity contribution in [2.24, 2.45) is 0 Å². The summed E-state index contributed by atoms with van der Waals surface area (Å²) in [4.78, 5) is 12.7. The molecule has 0 aliphatic carbocycles. The van der Waals surface area contributed by atoms with E-state index >= 15 is 0 Å². The molecular weight excluding hydrogens is 755 g/mol. The number of benzene rings is 4. The number of nitrogens with zero attached hydrogens (tertiary/aromatic N) is 3. The van der Waals surface area contributed by atoms with E-state index in [1.165, 1.54) is 42.7 Å². The minimum atomic E-state index is -2.50. The topological polar surface area (TPSA) is 51.8 Å². The smallest absolute Gasteiger partial charge is 0.216 e. The molecule has 0 aliphatic rings. The van der Waals surface area contributed by atoms with Gasteiger partial charge in [-0.25, -0.2) is 4.98 Å². The van der Waals surface area contributed by atoms with Crippen LogP contribution in [0.4, 0.5) is 0 Å². The summed E-state index contributed by atoms with van der Waals surface area (Å²) >= 11 is 0. The number of furan rings is 1. The largest absolute Gasteiger partial charge is 0.486 e. The predicted molar refractivity (Wildman–Crippen MR) is 189 cm³/mol. The Labute approximate surface area is 310 Å². The van der Waals surface area contributed by atoms with Gasteiger partial charge in [0.2, 0.25) is 5.71 Å². The van der Waals surface area contributed by atoms with Crippen molar-refractivity contribution in [1.29, 1.82) is 0 Å². The van der Waals surface area contributed by atoms with Gasteiger partial charge in [-0.15, -0.1) is 53.6 Å². The van der Waals surface area contributed by atoms with E-state index < -0.39 is 34.3 Å². The Bertz CT molecular complexity index is 2840. The van der Waals surface area contributed by atoms with Crippen molar-refractivity contribution in [3.05, 3.63) is 150 Å². The summed E-state index contributed by atoms with van der Waals surface area (Å²) in [5.74, 6) is 0. The van der Waals surface area contributed by atoms with E-state index in [2.05, 4.69) is 27.1 Å². The van der Waals surface area contributed by atoms with E-state index in [1.807, 2.05) is 0 Å². The molecule has 1 radical (unpaired) electrons. The zero-order valence-electron chi connectivity index (χ0n) is 39.5.